The van der Waals surface area contributed by atoms with E-state index in [-0.39, 0.29) is 22.3 Å². The quantitative estimate of drug-likeness (QED) is 0.525. The van der Waals surface area contributed by atoms with Gasteiger partial charge < -0.3 is 4.74 Å². The average Bonchev–Trinajstić information content (AvgIpc) is 2.67. The second kappa shape index (κ2) is 10.4. The van der Waals surface area contributed by atoms with Crippen LogP contribution >= 0.6 is 11.6 Å². The first-order valence-corrected chi connectivity index (χ1v) is 11.8. The predicted molar refractivity (Wildman–Crippen MR) is 120 cm³/mol. The number of aryl methyl sites for hydroxylation is 1. The molecule has 1 atom stereocenters. The Morgan fingerprint density at radius 2 is 1.67 bits per heavy atom. The third-order valence-electron chi connectivity index (χ3n) is 4.69. The summed E-state index contributed by atoms with van der Waals surface area (Å²) in [6, 6.07) is 13.7. The first-order chi connectivity index (χ1) is 14.0. The van der Waals surface area contributed by atoms with Gasteiger partial charge in [0.25, 0.3) is 0 Å². The molecule has 0 aromatic heterocycles. The number of hydrogen-bond donors (Lipinski definition) is 1. The summed E-state index contributed by atoms with van der Waals surface area (Å²) >= 11 is 5.89. The zero-order valence-electron chi connectivity index (χ0n) is 17.9. The fraction of sp³-hybridized carbons (Fsp3) is 0.435. The minimum Gasteiger partial charge on any atom is -0.469 e. The Morgan fingerprint density at radius 3 is 2.20 bits per heavy atom. The van der Waals surface area contributed by atoms with Gasteiger partial charge in [0.2, 0.25) is 10.0 Å². The van der Waals surface area contributed by atoms with Crippen molar-refractivity contribution in [2.75, 3.05) is 7.11 Å². The number of methoxy groups -OCH3 is 1. The number of sulfonamides is 1. The van der Waals surface area contributed by atoms with Crippen molar-refractivity contribution in [3.63, 3.8) is 0 Å². The molecule has 2 aromatic carbocycles. The summed E-state index contributed by atoms with van der Waals surface area (Å²) in [5.74, 6) is -0.214. The topological polar surface area (TPSA) is 72.5 Å². The number of nitrogens with one attached hydrogen (secondary N) is 1. The Kier molecular flexibility index (Phi) is 8.47. The molecule has 2 rings (SSSR count). The van der Waals surface area contributed by atoms with E-state index in [2.05, 4.69) is 30.2 Å². The number of rotatable bonds is 9. The highest BCUT2D eigenvalue weighted by molar-refractivity contribution is 7.89. The van der Waals surface area contributed by atoms with Crippen molar-refractivity contribution in [1.29, 1.82) is 0 Å². The Morgan fingerprint density at radius 1 is 1.07 bits per heavy atom. The van der Waals surface area contributed by atoms with Crippen LogP contribution in [0.25, 0.3) is 0 Å². The summed E-state index contributed by atoms with van der Waals surface area (Å²) in [6.07, 6.45) is 2.49. The van der Waals surface area contributed by atoms with Crippen LogP contribution in [-0.2, 0) is 26.0 Å². The van der Waals surface area contributed by atoms with Gasteiger partial charge in [-0.05, 0) is 60.1 Å². The van der Waals surface area contributed by atoms with E-state index >= 15 is 0 Å². The van der Waals surface area contributed by atoms with Crippen LogP contribution < -0.4 is 4.72 Å². The van der Waals surface area contributed by atoms with Crippen LogP contribution in [0.1, 0.15) is 57.2 Å². The van der Waals surface area contributed by atoms with Crippen molar-refractivity contribution >= 4 is 27.6 Å². The van der Waals surface area contributed by atoms with E-state index < -0.39 is 10.0 Å². The van der Waals surface area contributed by atoms with Crippen molar-refractivity contribution < 1.29 is 17.9 Å². The molecule has 0 heterocycles. The van der Waals surface area contributed by atoms with Gasteiger partial charge in [0, 0.05) is 17.5 Å². The summed E-state index contributed by atoms with van der Waals surface area (Å²) in [6.45, 7) is 6.24. The van der Waals surface area contributed by atoms with E-state index in [9.17, 15) is 13.2 Å². The molecule has 0 aliphatic heterocycles. The first kappa shape index (κ1) is 24.4. The summed E-state index contributed by atoms with van der Waals surface area (Å²) in [5.41, 5.74) is 1.92. The molecule has 0 aliphatic rings. The number of carbonyl (C=O) groups excluding carboxylic acids is 1. The Bertz CT molecular complexity index is 933. The number of carbonyl (C=O) groups is 1. The maximum Gasteiger partial charge on any atom is 0.305 e. The number of benzene rings is 2. The van der Waals surface area contributed by atoms with Crippen LogP contribution in [0, 0.1) is 5.41 Å². The van der Waals surface area contributed by atoms with Gasteiger partial charge in [0.15, 0.2) is 0 Å². The van der Waals surface area contributed by atoms with E-state index in [1.54, 1.807) is 12.1 Å². The molecule has 0 bridgehead atoms. The largest absolute Gasteiger partial charge is 0.469 e. The number of ether oxygens (including phenoxy) is 1. The molecular weight excluding hydrogens is 422 g/mol. The second-order valence-corrected chi connectivity index (χ2v) is 10.7. The molecular formula is C23H30ClNO4S. The summed E-state index contributed by atoms with van der Waals surface area (Å²) < 4.78 is 33.3. The van der Waals surface area contributed by atoms with Crippen molar-refractivity contribution in [3.8, 4) is 0 Å². The number of esters is 1. The van der Waals surface area contributed by atoms with E-state index in [0.29, 0.717) is 24.3 Å². The van der Waals surface area contributed by atoms with Gasteiger partial charge >= 0.3 is 5.97 Å². The molecule has 7 heteroatoms. The third-order valence-corrected chi connectivity index (χ3v) is 6.43. The Hall–Kier alpha value is -1.89. The van der Waals surface area contributed by atoms with Crippen LogP contribution in [-0.4, -0.2) is 21.5 Å². The van der Waals surface area contributed by atoms with Crippen LogP contribution in [0.4, 0.5) is 0 Å². The average molecular weight is 452 g/mol. The molecule has 0 aliphatic carbocycles. The molecule has 0 spiro atoms. The van der Waals surface area contributed by atoms with Gasteiger partial charge in [-0.25, -0.2) is 13.1 Å². The highest BCUT2D eigenvalue weighted by Crippen LogP contribution is 2.31. The Labute approximate surface area is 184 Å². The molecule has 0 saturated carbocycles. The summed E-state index contributed by atoms with van der Waals surface area (Å²) in [7, 11) is -2.31. The van der Waals surface area contributed by atoms with Crippen molar-refractivity contribution in [1.82, 2.24) is 4.72 Å². The van der Waals surface area contributed by atoms with Gasteiger partial charge in [-0.2, -0.15) is 0 Å². The first-order valence-electron chi connectivity index (χ1n) is 9.94. The Balaban J connectivity index is 2.18. The minimum atomic E-state index is -3.69. The van der Waals surface area contributed by atoms with E-state index in [1.165, 1.54) is 19.2 Å². The fourth-order valence-corrected chi connectivity index (χ4v) is 4.51. The lowest BCUT2D eigenvalue weighted by molar-refractivity contribution is -0.140. The molecule has 1 N–H and O–H groups in total. The molecule has 0 amide bonds. The molecule has 0 radical (unpaired) electrons. The maximum absolute atomic E-state index is 12.9. The number of hydrogen-bond acceptors (Lipinski definition) is 4. The van der Waals surface area contributed by atoms with Gasteiger partial charge in [-0.1, -0.05) is 56.6 Å². The molecule has 2 aromatic rings. The zero-order chi connectivity index (χ0) is 22.4. The van der Waals surface area contributed by atoms with Crippen molar-refractivity contribution in [2.24, 2.45) is 5.41 Å². The third kappa shape index (κ3) is 7.74. The molecule has 0 fully saturated rings. The molecule has 5 nitrogen and oxygen atoms in total. The second-order valence-electron chi connectivity index (χ2n) is 8.56. The van der Waals surface area contributed by atoms with Crippen LogP contribution in [0.3, 0.4) is 0 Å². The summed E-state index contributed by atoms with van der Waals surface area (Å²) in [4.78, 5) is 11.4. The normalized spacial score (nSPS) is 13.1. The molecule has 30 heavy (non-hydrogen) atoms. The molecule has 1 unspecified atom stereocenters. The lowest BCUT2D eigenvalue weighted by Gasteiger charge is -2.27. The smallest absolute Gasteiger partial charge is 0.305 e. The summed E-state index contributed by atoms with van der Waals surface area (Å²) in [5, 5.41) is 0.489. The van der Waals surface area contributed by atoms with Crippen molar-refractivity contribution in [3.05, 3.63) is 64.7 Å². The van der Waals surface area contributed by atoms with E-state index in [4.69, 9.17) is 11.6 Å². The van der Waals surface area contributed by atoms with Crippen molar-refractivity contribution in [2.45, 2.75) is 57.4 Å². The van der Waals surface area contributed by atoms with Crippen LogP contribution in [0.2, 0.25) is 5.02 Å². The predicted octanol–water partition coefficient (Wildman–Crippen LogP) is 5.29. The van der Waals surface area contributed by atoms with Gasteiger partial charge in [0.1, 0.15) is 0 Å². The van der Waals surface area contributed by atoms with E-state index in [1.807, 2.05) is 24.3 Å². The standard InChI is InChI=1S/C23H30ClNO4S/c1-23(2,3)16-21(25-30(27,28)20-14-12-19(24)13-15-20)18-10-8-17(9-11-18)6-5-7-22(26)29-4/h8-15,21,25H,5-7,16H2,1-4H3. The van der Waals surface area contributed by atoms with Gasteiger partial charge in [-0.3, -0.25) is 4.79 Å². The van der Waals surface area contributed by atoms with Crippen LogP contribution in [0.5, 0.6) is 0 Å². The van der Waals surface area contributed by atoms with Gasteiger partial charge in [-0.15, -0.1) is 0 Å². The van der Waals surface area contributed by atoms with Gasteiger partial charge in [0.05, 0.1) is 12.0 Å². The molecule has 0 saturated heterocycles. The SMILES string of the molecule is COC(=O)CCCc1ccc(C(CC(C)(C)C)NS(=O)(=O)c2ccc(Cl)cc2)cc1. The van der Waals surface area contributed by atoms with Crippen LogP contribution in [0.15, 0.2) is 53.4 Å². The minimum absolute atomic E-state index is 0.0770. The fourth-order valence-electron chi connectivity index (χ4n) is 3.16. The maximum atomic E-state index is 12.9. The zero-order valence-corrected chi connectivity index (χ0v) is 19.5. The highest BCUT2D eigenvalue weighted by Gasteiger charge is 2.26. The lowest BCUT2D eigenvalue weighted by atomic mass is 9.85. The lowest BCUT2D eigenvalue weighted by Crippen LogP contribution is -2.31. The monoisotopic (exact) mass is 451 g/mol. The number of halogens is 1. The highest BCUT2D eigenvalue weighted by atomic mass is 35.5. The molecule has 164 valence electrons. The van der Waals surface area contributed by atoms with E-state index in [0.717, 1.165) is 17.5 Å².